The fourth-order valence-corrected chi connectivity index (χ4v) is 2.89. The van der Waals surface area contributed by atoms with E-state index in [-0.39, 0.29) is 0 Å². The highest BCUT2D eigenvalue weighted by atomic mass is 32.1. The Balaban J connectivity index is 2.50. The molecular weight excluding hydrogens is 252 g/mol. The molecule has 0 unspecified atom stereocenters. The molecule has 2 nitrogen and oxygen atoms in total. The SMILES string of the molecule is CCc1ccc(C)c(N(C)N)c1/C=C/c1cccs1. The fourth-order valence-electron chi connectivity index (χ4n) is 2.27. The highest BCUT2D eigenvalue weighted by Crippen LogP contribution is 2.29. The van der Waals surface area contributed by atoms with Crippen LogP contribution in [-0.4, -0.2) is 7.05 Å². The zero-order chi connectivity index (χ0) is 13.8. The third-order valence-corrected chi connectivity index (χ3v) is 4.04. The molecule has 0 radical (unpaired) electrons. The van der Waals surface area contributed by atoms with Crippen molar-refractivity contribution in [1.82, 2.24) is 0 Å². The number of hydrazine groups is 1. The first-order valence-corrected chi connectivity index (χ1v) is 7.34. The van der Waals surface area contributed by atoms with Crippen molar-refractivity contribution in [1.29, 1.82) is 0 Å². The molecule has 19 heavy (non-hydrogen) atoms. The number of hydrogen-bond acceptors (Lipinski definition) is 3. The molecule has 2 N–H and O–H groups in total. The Morgan fingerprint density at radius 3 is 2.63 bits per heavy atom. The molecule has 0 aliphatic carbocycles. The molecule has 0 bridgehead atoms. The number of anilines is 1. The highest BCUT2D eigenvalue weighted by molar-refractivity contribution is 7.10. The smallest absolute Gasteiger partial charge is 0.0618 e. The van der Waals surface area contributed by atoms with Gasteiger partial charge in [0, 0.05) is 17.5 Å². The molecule has 0 aliphatic rings. The predicted octanol–water partition coefficient (Wildman–Crippen LogP) is 4.10. The average Bonchev–Trinajstić information content (AvgIpc) is 2.88. The maximum Gasteiger partial charge on any atom is 0.0618 e. The van der Waals surface area contributed by atoms with Crippen LogP contribution in [0.2, 0.25) is 0 Å². The first-order valence-electron chi connectivity index (χ1n) is 6.46. The van der Waals surface area contributed by atoms with Crippen LogP contribution in [0, 0.1) is 6.92 Å². The summed E-state index contributed by atoms with van der Waals surface area (Å²) in [5, 5.41) is 3.80. The third-order valence-electron chi connectivity index (χ3n) is 3.20. The number of nitrogens with zero attached hydrogens (tertiary/aromatic N) is 1. The molecule has 1 heterocycles. The van der Waals surface area contributed by atoms with Crippen molar-refractivity contribution >= 4 is 29.2 Å². The molecule has 0 aliphatic heterocycles. The Morgan fingerprint density at radius 2 is 2.05 bits per heavy atom. The Hall–Kier alpha value is -1.58. The molecule has 1 aromatic heterocycles. The van der Waals surface area contributed by atoms with Crippen molar-refractivity contribution in [2.75, 3.05) is 12.1 Å². The summed E-state index contributed by atoms with van der Waals surface area (Å²) >= 11 is 1.74. The largest absolute Gasteiger partial charge is 0.313 e. The second-order valence-corrected chi connectivity index (χ2v) is 5.60. The molecule has 0 amide bonds. The molecule has 2 rings (SSSR count). The lowest BCUT2D eigenvalue weighted by atomic mass is 9.98. The molecule has 0 saturated carbocycles. The van der Waals surface area contributed by atoms with Gasteiger partial charge in [0.25, 0.3) is 0 Å². The number of nitrogens with two attached hydrogens (primary N) is 1. The maximum atomic E-state index is 5.99. The van der Waals surface area contributed by atoms with E-state index in [1.54, 1.807) is 16.3 Å². The van der Waals surface area contributed by atoms with Gasteiger partial charge in [-0.05, 0) is 42.0 Å². The van der Waals surface area contributed by atoms with E-state index in [0.717, 1.165) is 12.1 Å². The van der Waals surface area contributed by atoms with E-state index in [1.165, 1.54) is 21.6 Å². The summed E-state index contributed by atoms with van der Waals surface area (Å²) in [6.45, 7) is 4.27. The quantitative estimate of drug-likeness (QED) is 0.670. The minimum atomic E-state index is 1.01. The van der Waals surface area contributed by atoms with Gasteiger partial charge in [0.1, 0.15) is 0 Å². The molecule has 0 atom stereocenters. The molecule has 2 aromatic rings. The van der Waals surface area contributed by atoms with Gasteiger partial charge in [-0.1, -0.05) is 31.2 Å². The van der Waals surface area contributed by atoms with Crippen LogP contribution in [0.15, 0.2) is 29.6 Å². The molecule has 0 saturated heterocycles. The van der Waals surface area contributed by atoms with Crippen molar-refractivity contribution < 1.29 is 0 Å². The van der Waals surface area contributed by atoms with Crippen molar-refractivity contribution in [3.63, 3.8) is 0 Å². The third kappa shape index (κ3) is 3.06. The van der Waals surface area contributed by atoms with Crippen LogP contribution in [0.1, 0.15) is 28.5 Å². The summed E-state index contributed by atoms with van der Waals surface area (Å²) in [4.78, 5) is 1.26. The van der Waals surface area contributed by atoms with E-state index < -0.39 is 0 Å². The van der Waals surface area contributed by atoms with Crippen LogP contribution in [0.25, 0.3) is 12.2 Å². The zero-order valence-electron chi connectivity index (χ0n) is 11.7. The predicted molar refractivity (Wildman–Crippen MR) is 86.4 cm³/mol. The molecule has 100 valence electrons. The number of thiophene rings is 1. The van der Waals surface area contributed by atoms with Crippen LogP contribution in [0.4, 0.5) is 5.69 Å². The van der Waals surface area contributed by atoms with E-state index in [9.17, 15) is 0 Å². The Labute approximate surface area is 119 Å². The summed E-state index contributed by atoms with van der Waals surface area (Å²) in [7, 11) is 1.89. The molecule has 3 heteroatoms. The second-order valence-electron chi connectivity index (χ2n) is 4.62. The van der Waals surface area contributed by atoms with Gasteiger partial charge in [0.15, 0.2) is 0 Å². The van der Waals surface area contributed by atoms with Gasteiger partial charge >= 0.3 is 0 Å². The van der Waals surface area contributed by atoms with Gasteiger partial charge in [-0.25, -0.2) is 5.84 Å². The second kappa shape index (κ2) is 6.04. The highest BCUT2D eigenvalue weighted by Gasteiger charge is 2.10. The Bertz CT molecular complexity index is 569. The summed E-state index contributed by atoms with van der Waals surface area (Å²) in [5.41, 5.74) is 4.85. The van der Waals surface area contributed by atoms with Crippen molar-refractivity contribution in [2.24, 2.45) is 5.84 Å². The van der Waals surface area contributed by atoms with Crippen LogP contribution < -0.4 is 10.9 Å². The van der Waals surface area contributed by atoms with E-state index >= 15 is 0 Å². The van der Waals surface area contributed by atoms with Crippen LogP contribution in [0.5, 0.6) is 0 Å². The minimum absolute atomic E-state index is 1.01. The number of benzene rings is 1. The summed E-state index contributed by atoms with van der Waals surface area (Å²) in [5.74, 6) is 5.99. The fraction of sp³-hybridized carbons (Fsp3) is 0.250. The van der Waals surface area contributed by atoms with Gasteiger partial charge in [0.2, 0.25) is 0 Å². The molecular formula is C16H20N2S. The first kappa shape index (κ1) is 13.8. The molecule has 1 aromatic carbocycles. The van der Waals surface area contributed by atoms with Gasteiger partial charge in [-0.2, -0.15) is 0 Å². The Kier molecular flexibility index (Phi) is 4.40. The molecule has 0 spiro atoms. The number of aryl methyl sites for hydroxylation is 2. The van der Waals surface area contributed by atoms with Gasteiger partial charge in [-0.15, -0.1) is 11.3 Å². The van der Waals surface area contributed by atoms with Crippen LogP contribution in [0.3, 0.4) is 0 Å². The first-order chi connectivity index (χ1) is 9.13. The number of rotatable bonds is 4. The van der Waals surface area contributed by atoms with Gasteiger partial charge in [0.05, 0.1) is 5.69 Å². The van der Waals surface area contributed by atoms with Gasteiger partial charge in [-0.3, -0.25) is 0 Å². The summed E-state index contributed by atoms with van der Waals surface area (Å²) in [6, 6.07) is 8.52. The topological polar surface area (TPSA) is 29.3 Å². The van der Waals surface area contributed by atoms with Crippen molar-refractivity contribution in [2.45, 2.75) is 20.3 Å². The van der Waals surface area contributed by atoms with Crippen molar-refractivity contribution in [3.05, 3.63) is 51.2 Å². The lowest BCUT2D eigenvalue weighted by molar-refractivity contribution is 0.995. The standard InChI is InChI=1S/C16H20N2S/c1-4-13-8-7-12(2)16(18(3)17)15(13)10-9-14-6-5-11-19-14/h5-11H,4,17H2,1-3H3/b10-9+. The van der Waals surface area contributed by atoms with E-state index in [0.29, 0.717) is 0 Å². The maximum absolute atomic E-state index is 5.99. The summed E-state index contributed by atoms with van der Waals surface area (Å²) < 4.78 is 0. The lowest BCUT2D eigenvalue weighted by Crippen LogP contribution is -2.27. The minimum Gasteiger partial charge on any atom is -0.313 e. The van der Waals surface area contributed by atoms with Crippen LogP contribution in [-0.2, 0) is 6.42 Å². The van der Waals surface area contributed by atoms with Gasteiger partial charge < -0.3 is 5.01 Å². The average molecular weight is 272 g/mol. The zero-order valence-corrected chi connectivity index (χ0v) is 12.5. The monoisotopic (exact) mass is 272 g/mol. The van der Waals surface area contributed by atoms with E-state index in [1.807, 2.05) is 7.05 Å². The van der Waals surface area contributed by atoms with Crippen molar-refractivity contribution in [3.8, 4) is 0 Å². The Morgan fingerprint density at radius 1 is 1.26 bits per heavy atom. The normalized spacial score (nSPS) is 11.2. The van der Waals surface area contributed by atoms with Crippen LogP contribution >= 0.6 is 11.3 Å². The van der Waals surface area contributed by atoms with E-state index in [4.69, 9.17) is 5.84 Å². The van der Waals surface area contributed by atoms with E-state index in [2.05, 4.69) is 55.6 Å². The number of hydrogen-bond donors (Lipinski definition) is 1. The summed E-state index contributed by atoms with van der Waals surface area (Å²) in [6.07, 6.45) is 5.34. The lowest BCUT2D eigenvalue weighted by Gasteiger charge is -2.20. The molecule has 0 fully saturated rings.